The molecular formula is C17H25IN8. The number of imidazole rings is 1. The summed E-state index contributed by atoms with van der Waals surface area (Å²) < 4.78 is 2.05. The lowest BCUT2D eigenvalue weighted by atomic mass is 10.3. The molecule has 2 heterocycles. The number of fused-ring (bicyclic) bond motifs is 1. The predicted molar refractivity (Wildman–Crippen MR) is 114 cm³/mol. The van der Waals surface area contributed by atoms with Crippen LogP contribution in [0.25, 0.3) is 11.0 Å². The lowest BCUT2D eigenvalue weighted by Gasteiger charge is -2.12. The zero-order chi connectivity index (χ0) is 17.5. The molecule has 0 aliphatic rings. The minimum Gasteiger partial charge on any atom is -0.356 e. The van der Waals surface area contributed by atoms with E-state index in [0.29, 0.717) is 0 Å². The van der Waals surface area contributed by atoms with Gasteiger partial charge in [0.15, 0.2) is 5.96 Å². The summed E-state index contributed by atoms with van der Waals surface area (Å²) in [5.74, 6) is 2.75. The lowest BCUT2D eigenvalue weighted by molar-refractivity contribution is 0.632. The third-order valence-electron chi connectivity index (χ3n) is 3.97. The number of aliphatic imine (C=N–C) groups is 1. The second-order valence-electron chi connectivity index (χ2n) is 5.67. The fraction of sp³-hybridized carbons (Fsp3) is 0.412. The fourth-order valence-electron chi connectivity index (χ4n) is 2.68. The highest BCUT2D eigenvalue weighted by atomic mass is 127. The number of rotatable bonds is 7. The zero-order valence-corrected chi connectivity index (χ0v) is 17.4. The molecule has 0 aliphatic carbocycles. The molecule has 0 saturated carbocycles. The van der Waals surface area contributed by atoms with Crippen LogP contribution in [0.3, 0.4) is 0 Å². The van der Waals surface area contributed by atoms with Gasteiger partial charge in [-0.25, -0.2) is 4.98 Å². The van der Waals surface area contributed by atoms with Gasteiger partial charge in [0.2, 0.25) is 0 Å². The third-order valence-corrected chi connectivity index (χ3v) is 3.97. The van der Waals surface area contributed by atoms with Crippen LogP contribution in [0.2, 0.25) is 0 Å². The van der Waals surface area contributed by atoms with Crippen molar-refractivity contribution < 1.29 is 0 Å². The molecule has 0 unspecified atom stereocenters. The Hall–Kier alpha value is -2.17. The summed E-state index contributed by atoms with van der Waals surface area (Å²) in [6.45, 7) is 4.40. The van der Waals surface area contributed by atoms with Gasteiger partial charge in [0.1, 0.15) is 18.0 Å². The minimum atomic E-state index is 0. The molecule has 26 heavy (non-hydrogen) atoms. The lowest BCUT2D eigenvalue weighted by Crippen LogP contribution is -2.39. The van der Waals surface area contributed by atoms with Crippen molar-refractivity contribution in [2.24, 2.45) is 4.99 Å². The van der Waals surface area contributed by atoms with E-state index in [2.05, 4.69) is 47.3 Å². The van der Waals surface area contributed by atoms with Gasteiger partial charge in [-0.15, -0.1) is 34.2 Å². The molecule has 9 heteroatoms. The molecule has 3 N–H and O–H groups in total. The molecule has 8 nitrogen and oxygen atoms in total. The molecule has 0 saturated heterocycles. The van der Waals surface area contributed by atoms with Crippen LogP contribution in [0.1, 0.15) is 18.6 Å². The van der Waals surface area contributed by atoms with Crippen molar-refractivity contribution in [3.05, 3.63) is 42.2 Å². The van der Waals surface area contributed by atoms with Crippen molar-refractivity contribution >= 4 is 41.0 Å². The SMILES string of the molecule is CCc1nncn1CCNC(=NC)NCCc1nc2ccccc2[nH]1.I. The quantitative estimate of drug-likeness (QED) is 0.279. The number of aromatic amines is 1. The fourth-order valence-corrected chi connectivity index (χ4v) is 2.68. The van der Waals surface area contributed by atoms with Crippen LogP contribution in [0.15, 0.2) is 35.6 Å². The Balaban J connectivity index is 0.00000243. The Morgan fingerprint density at radius 1 is 1.23 bits per heavy atom. The molecule has 0 radical (unpaired) electrons. The predicted octanol–water partition coefficient (Wildman–Crippen LogP) is 1.74. The summed E-state index contributed by atoms with van der Waals surface area (Å²) in [7, 11) is 1.77. The average molecular weight is 468 g/mol. The van der Waals surface area contributed by atoms with Gasteiger partial charge in [0, 0.05) is 39.5 Å². The van der Waals surface area contributed by atoms with Crippen LogP contribution >= 0.6 is 24.0 Å². The number of halogens is 1. The van der Waals surface area contributed by atoms with Gasteiger partial charge in [-0.3, -0.25) is 4.99 Å². The van der Waals surface area contributed by atoms with Crippen LogP contribution < -0.4 is 10.6 Å². The first-order valence-electron chi connectivity index (χ1n) is 8.55. The minimum absolute atomic E-state index is 0. The largest absolute Gasteiger partial charge is 0.356 e. The van der Waals surface area contributed by atoms with Crippen LogP contribution in [0.4, 0.5) is 0 Å². The maximum atomic E-state index is 4.58. The summed E-state index contributed by atoms with van der Waals surface area (Å²) in [5.41, 5.74) is 2.07. The number of para-hydroxylation sites is 2. The Morgan fingerprint density at radius 2 is 2.04 bits per heavy atom. The first-order valence-corrected chi connectivity index (χ1v) is 8.55. The van der Waals surface area contributed by atoms with E-state index < -0.39 is 0 Å². The first kappa shape index (κ1) is 20.1. The normalized spacial score (nSPS) is 11.4. The molecule has 0 fully saturated rings. The number of aryl methyl sites for hydroxylation is 1. The first-order chi connectivity index (χ1) is 12.3. The highest BCUT2D eigenvalue weighted by molar-refractivity contribution is 14.0. The highest BCUT2D eigenvalue weighted by Crippen LogP contribution is 2.10. The van der Waals surface area contributed by atoms with Gasteiger partial charge < -0.3 is 20.2 Å². The van der Waals surface area contributed by atoms with Crippen molar-refractivity contribution in [1.29, 1.82) is 0 Å². The van der Waals surface area contributed by atoms with Crippen LogP contribution in [-0.4, -0.2) is 50.8 Å². The van der Waals surface area contributed by atoms with Gasteiger partial charge in [-0.2, -0.15) is 0 Å². The molecule has 1 aromatic carbocycles. The molecule has 3 rings (SSSR count). The number of aromatic nitrogens is 5. The van der Waals surface area contributed by atoms with E-state index in [4.69, 9.17) is 0 Å². The van der Waals surface area contributed by atoms with Crippen LogP contribution in [0.5, 0.6) is 0 Å². The smallest absolute Gasteiger partial charge is 0.191 e. The summed E-state index contributed by atoms with van der Waals surface area (Å²) >= 11 is 0. The van der Waals surface area contributed by atoms with Crippen molar-refractivity contribution in [3.63, 3.8) is 0 Å². The number of H-pyrrole nitrogens is 1. The molecule has 3 aromatic rings. The Bertz CT molecular complexity index is 805. The molecule has 0 spiro atoms. The van der Waals surface area contributed by atoms with E-state index in [-0.39, 0.29) is 24.0 Å². The zero-order valence-electron chi connectivity index (χ0n) is 15.1. The van der Waals surface area contributed by atoms with Gasteiger partial charge in [-0.1, -0.05) is 19.1 Å². The molecular weight excluding hydrogens is 443 g/mol. The number of guanidine groups is 1. The van der Waals surface area contributed by atoms with Crippen LogP contribution in [-0.2, 0) is 19.4 Å². The molecule has 0 amide bonds. The van der Waals surface area contributed by atoms with E-state index in [9.17, 15) is 0 Å². The molecule has 0 bridgehead atoms. The summed E-state index contributed by atoms with van der Waals surface area (Å²) in [6, 6.07) is 8.05. The Labute approximate surface area is 169 Å². The monoisotopic (exact) mass is 468 g/mol. The number of hydrogen-bond donors (Lipinski definition) is 3. The van der Waals surface area contributed by atoms with Gasteiger partial charge in [-0.05, 0) is 12.1 Å². The van der Waals surface area contributed by atoms with Crippen molar-refractivity contribution in [3.8, 4) is 0 Å². The topological polar surface area (TPSA) is 95.8 Å². The van der Waals surface area contributed by atoms with Gasteiger partial charge in [0.05, 0.1) is 11.0 Å². The Kier molecular flexibility index (Phi) is 7.82. The maximum absolute atomic E-state index is 4.58. The van der Waals surface area contributed by atoms with Crippen molar-refractivity contribution in [2.45, 2.75) is 26.3 Å². The number of nitrogens with one attached hydrogen (secondary N) is 3. The summed E-state index contributed by atoms with van der Waals surface area (Å²) in [4.78, 5) is 12.2. The molecule has 0 aliphatic heterocycles. The number of hydrogen-bond acceptors (Lipinski definition) is 4. The van der Waals surface area contributed by atoms with E-state index >= 15 is 0 Å². The van der Waals surface area contributed by atoms with Crippen molar-refractivity contribution in [2.75, 3.05) is 20.1 Å². The Morgan fingerprint density at radius 3 is 2.81 bits per heavy atom. The third kappa shape index (κ3) is 5.16. The number of benzene rings is 1. The molecule has 140 valence electrons. The summed E-state index contributed by atoms with van der Waals surface area (Å²) in [5, 5.41) is 14.6. The van der Waals surface area contributed by atoms with Gasteiger partial charge in [0.25, 0.3) is 0 Å². The summed E-state index contributed by atoms with van der Waals surface area (Å²) in [6.07, 6.45) is 3.45. The molecule has 0 atom stereocenters. The van der Waals surface area contributed by atoms with E-state index in [1.165, 1.54) is 0 Å². The van der Waals surface area contributed by atoms with E-state index in [1.54, 1.807) is 13.4 Å². The second kappa shape index (κ2) is 10.1. The van der Waals surface area contributed by atoms with E-state index in [0.717, 1.165) is 61.1 Å². The maximum Gasteiger partial charge on any atom is 0.191 e. The van der Waals surface area contributed by atoms with Gasteiger partial charge >= 0.3 is 0 Å². The van der Waals surface area contributed by atoms with Crippen molar-refractivity contribution in [1.82, 2.24) is 35.4 Å². The second-order valence-corrected chi connectivity index (χ2v) is 5.67. The number of nitrogens with zero attached hydrogens (tertiary/aromatic N) is 5. The standard InChI is InChI=1S/C17H24N8.HI/c1-3-16-24-21-12-25(16)11-10-20-17(18-2)19-9-8-15-22-13-6-4-5-7-14(13)23-15;/h4-7,12H,3,8-11H2,1-2H3,(H,22,23)(H2,18,19,20);1H. The highest BCUT2D eigenvalue weighted by Gasteiger charge is 2.04. The van der Waals surface area contributed by atoms with Crippen LogP contribution in [0, 0.1) is 0 Å². The molecule has 2 aromatic heterocycles. The average Bonchev–Trinajstić information content (AvgIpc) is 3.26. The van der Waals surface area contributed by atoms with E-state index in [1.807, 2.05) is 24.3 Å².